The standard InChI is InChI=1S/C4H7O5P/c1-2-3-8-10(7)9-4(5)6/h2-3H2,1H3/p+1. The summed E-state index contributed by atoms with van der Waals surface area (Å²) in [5, 5.41) is 7.90. The Morgan fingerprint density at radius 3 is 2.70 bits per heavy atom. The smallest absolute Gasteiger partial charge is 0.447 e. The molecule has 0 bridgehead atoms. The van der Waals surface area contributed by atoms with Crippen molar-refractivity contribution in [3.8, 4) is 0 Å². The Morgan fingerprint density at radius 1 is 1.70 bits per heavy atom. The topological polar surface area (TPSA) is 72.8 Å². The lowest BCUT2D eigenvalue weighted by atomic mass is 10.5. The van der Waals surface area contributed by atoms with Crippen molar-refractivity contribution in [3.63, 3.8) is 0 Å². The largest absolute Gasteiger partial charge is 0.756 e. The monoisotopic (exact) mass is 167 g/mol. The van der Waals surface area contributed by atoms with E-state index >= 15 is 0 Å². The molecule has 0 heterocycles. The maximum Gasteiger partial charge on any atom is 0.756 e. The van der Waals surface area contributed by atoms with Gasteiger partial charge in [0.1, 0.15) is 6.61 Å². The molecule has 1 N–H and O–H groups in total. The van der Waals surface area contributed by atoms with Crippen LogP contribution in [-0.2, 0) is 13.6 Å². The van der Waals surface area contributed by atoms with Crippen molar-refractivity contribution in [1.82, 2.24) is 0 Å². The molecule has 58 valence electrons. The summed E-state index contributed by atoms with van der Waals surface area (Å²) in [5.74, 6) is 0. The van der Waals surface area contributed by atoms with Crippen LogP contribution in [0.25, 0.3) is 0 Å². The molecule has 0 spiro atoms. The maximum atomic E-state index is 10.3. The van der Waals surface area contributed by atoms with Gasteiger partial charge in [0, 0.05) is 4.57 Å². The second-order valence-corrected chi connectivity index (χ2v) is 2.30. The lowest BCUT2D eigenvalue weighted by molar-refractivity contribution is 0.136. The van der Waals surface area contributed by atoms with Crippen molar-refractivity contribution in [2.45, 2.75) is 13.3 Å². The molecule has 1 atom stereocenters. The van der Waals surface area contributed by atoms with Gasteiger partial charge in [0.15, 0.2) is 0 Å². The van der Waals surface area contributed by atoms with E-state index in [1.54, 1.807) is 0 Å². The number of rotatable bonds is 4. The normalized spacial score (nSPS) is 10.7. The van der Waals surface area contributed by atoms with E-state index in [0.29, 0.717) is 6.42 Å². The molecule has 0 fully saturated rings. The van der Waals surface area contributed by atoms with Crippen molar-refractivity contribution in [3.05, 3.63) is 0 Å². The maximum absolute atomic E-state index is 10.3. The Labute approximate surface area is 58.9 Å². The summed E-state index contributed by atoms with van der Waals surface area (Å²) in [7, 11) is -2.48. The van der Waals surface area contributed by atoms with Crippen LogP contribution in [0.15, 0.2) is 0 Å². The Bertz CT molecular complexity index is 134. The van der Waals surface area contributed by atoms with E-state index in [-0.39, 0.29) is 6.61 Å². The van der Waals surface area contributed by atoms with Gasteiger partial charge < -0.3 is 5.11 Å². The van der Waals surface area contributed by atoms with Crippen molar-refractivity contribution in [2.24, 2.45) is 0 Å². The fourth-order valence-electron chi connectivity index (χ4n) is 0.256. The molecule has 0 aliphatic carbocycles. The van der Waals surface area contributed by atoms with E-state index in [4.69, 9.17) is 5.11 Å². The van der Waals surface area contributed by atoms with Crippen LogP contribution in [0.3, 0.4) is 0 Å². The molecule has 0 saturated heterocycles. The molecular weight excluding hydrogens is 159 g/mol. The van der Waals surface area contributed by atoms with Gasteiger partial charge in [-0.25, -0.2) is 0 Å². The Morgan fingerprint density at radius 2 is 2.30 bits per heavy atom. The van der Waals surface area contributed by atoms with Gasteiger partial charge in [-0.15, -0.1) is 9.05 Å². The average Bonchev–Trinajstić information content (AvgIpc) is 1.82. The Kier molecular flexibility index (Phi) is 4.80. The van der Waals surface area contributed by atoms with Crippen LogP contribution in [0, 0.1) is 0 Å². The molecule has 0 aliphatic heterocycles. The Hall–Kier alpha value is -0.670. The SMILES string of the molecule is CCCO[P+](=O)OC(=O)O. The van der Waals surface area contributed by atoms with Gasteiger partial charge in [-0.2, -0.15) is 4.79 Å². The van der Waals surface area contributed by atoms with Crippen LogP contribution in [0.4, 0.5) is 4.79 Å². The molecule has 0 aromatic heterocycles. The van der Waals surface area contributed by atoms with Gasteiger partial charge >= 0.3 is 14.4 Å². The summed E-state index contributed by atoms with van der Waals surface area (Å²) in [6.07, 6.45) is -0.915. The molecule has 0 radical (unpaired) electrons. The second-order valence-electron chi connectivity index (χ2n) is 1.41. The zero-order valence-electron chi connectivity index (χ0n) is 5.44. The first kappa shape index (κ1) is 9.33. The van der Waals surface area contributed by atoms with E-state index in [1.807, 2.05) is 6.92 Å². The van der Waals surface area contributed by atoms with Crippen molar-refractivity contribution >= 4 is 14.4 Å². The van der Waals surface area contributed by atoms with Crippen molar-refractivity contribution < 1.29 is 23.5 Å². The summed E-state index contributed by atoms with van der Waals surface area (Å²) in [6.45, 7) is 2.05. The van der Waals surface area contributed by atoms with Crippen molar-refractivity contribution in [2.75, 3.05) is 6.61 Å². The zero-order valence-corrected chi connectivity index (χ0v) is 6.34. The van der Waals surface area contributed by atoms with E-state index in [9.17, 15) is 9.36 Å². The van der Waals surface area contributed by atoms with Crippen LogP contribution < -0.4 is 0 Å². The molecular formula is C4H8O5P+. The molecule has 0 aromatic rings. The van der Waals surface area contributed by atoms with Crippen molar-refractivity contribution in [1.29, 1.82) is 0 Å². The fraction of sp³-hybridized carbons (Fsp3) is 0.750. The predicted octanol–water partition coefficient (Wildman–Crippen LogP) is 1.76. The van der Waals surface area contributed by atoms with Crippen LogP contribution in [0.2, 0.25) is 0 Å². The highest BCUT2D eigenvalue weighted by Gasteiger charge is 2.24. The number of carbonyl (C=O) groups is 1. The lowest BCUT2D eigenvalue weighted by Gasteiger charge is -1.82. The molecule has 0 rings (SSSR count). The van der Waals surface area contributed by atoms with Gasteiger partial charge in [0.05, 0.1) is 0 Å². The van der Waals surface area contributed by atoms with E-state index in [0.717, 1.165) is 0 Å². The summed E-state index contributed by atoms with van der Waals surface area (Å²) in [4.78, 5) is 9.69. The van der Waals surface area contributed by atoms with Crippen LogP contribution in [-0.4, -0.2) is 17.9 Å². The number of carboxylic acid groups (broad SMARTS) is 1. The van der Waals surface area contributed by atoms with Gasteiger partial charge in [-0.3, -0.25) is 0 Å². The van der Waals surface area contributed by atoms with Gasteiger partial charge in [-0.05, 0) is 6.42 Å². The minimum absolute atomic E-state index is 0.239. The Balaban J connectivity index is 3.35. The van der Waals surface area contributed by atoms with E-state index in [2.05, 4.69) is 9.05 Å². The third kappa shape index (κ3) is 5.47. The fourth-order valence-corrected chi connectivity index (χ4v) is 0.768. The van der Waals surface area contributed by atoms with E-state index < -0.39 is 14.4 Å². The highest BCUT2D eigenvalue weighted by Crippen LogP contribution is 2.23. The highest BCUT2D eigenvalue weighted by atomic mass is 31.1. The van der Waals surface area contributed by atoms with Crippen LogP contribution in [0.5, 0.6) is 0 Å². The van der Waals surface area contributed by atoms with Crippen LogP contribution in [0.1, 0.15) is 13.3 Å². The van der Waals surface area contributed by atoms with Gasteiger partial charge in [0.25, 0.3) is 0 Å². The molecule has 0 aromatic carbocycles. The molecule has 10 heavy (non-hydrogen) atoms. The average molecular weight is 167 g/mol. The molecule has 1 unspecified atom stereocenters. The zero-order chi connectivity index (χ0) is 7.98. The molecule has 0 amide bonds. The summed E-state index contributed by atoms with van der Waals surface area (Å²) >= 11 is 0. The molecule has 5 nitrogen and oxygen atoms in total. The third-order valence-electron chi connectivity index (χ3n) is 0.553. The summed E-state index contributed by atoms with van der Waals surface area (Å²) < 4.78 is 18.5. The second kappa shape index (κ2) is 5.14. The summed E-state index contributed by atoms with van der Waals surface area (Å²) in [6, 6.07) is 0. The number of hydrogen-bond donors (Lipinski definition) is 1. The minimum Gasteiger partial charge on any atom is -0.447 e. The first-order valence-electron chi connectivity index (χ1n) is 2.68. The highest BCUT2D eigenvalue weighted by molar-refractivity contribution is 7.34. The quantitative estimate of drug-likeness (QED) is 0.645. The summed E-state index contributed by atoms with van der Waals surface area (Å²) in [5.41, 5.74) is 0. The first-order valence-corrected chi connectivity index (χ1v) is 3.77. The van der Waals surface area contributed by atoms with E-state index in [1.165, 1.54) is 0 Å². The van der Waals surface area contributed by atoms with Gasteiger partial charge in [0.2, 0.25) is 0 Å². The molecule has 0 saturated carbocycles. The minimum atomic E-state index is -2.48. The van der Waals surface area contributed by atoms with Gasteiger partial charge in [-0.1, -0.05) is 6.92 Å². The van der Waals surface area contributed by atoms with Crippen LogP contribution >= 0.6 is 8.25 Å². The molecule has 0 aliphatic rings. The third-order valence-corrected chi connectivity index (χ3v) is 1.25. The number of hydrogen-bond acceptors (Lipinski definition) is 4. The molecule has 6 heteroatoms. The predicted molar refractivity (Wildman–Crippen MR) is 33.0 cm³/mol. The first-order chi connectivity index (χ1) is 4.66. The lowest BCUT2D eigenvalue weighted by Crippen LogP contribution is -1.93.